The Labute approximate surface area is 222 Å². The summed E-state index contributed by atoms with van der Waals surface area (Å²) in [5.41, 5.74) is 0.267. The van der Waals surface area contributed by atoms with Crippen molar-refractivity contribution >= 4 is 17.8 Å². The maximum atomic E-state index is 13.1. The lowest BCUT2D eigenvalue weighted by atomic mass is 9.94. The molecule has 37 heavy (non-hydrogen) atoms. The first-order valence-corrected chi connectivity index (χ1v) is 13.4. The molecular formula is C30H44N2O5. The minimum absolute atomic E-state index is 0.0256. The maximum absolute atomic E-state index is 13.1. The third-order valence-corrected chi connectivity index (χ3v) is 6.81. The number of aliphatic hydroxyl groups excluding tert-OH is 1. The molecule has 2 amide bonds. The number of ether oxygens (including phenoxy) is 1. The van der Waals surface area contributed by atoms with Gasteiger partial charge in [0.1, 0.15) is 6.61 Å². The fourth-order valence-corrected chi connectivity index (χ4v) is 4.72. The number of carbonyl (C=O) groups is 3. The molecule has 1 aliphatic rings. The van der Waals surface area contributed by atoms with Gasteiger partial charge in [-0.1, -0.05) is 42.5 Å². The Hall–Kier alpha value is -2.93. The molecule has 0 aliphatic carbocycles. The molecule has 0 saturated carbocycles. The second kappa shape index (κ2) is 15.4. The van der Waals surface area contributed by atoms with E-state index in [1.807, 2.05) is 36.4 Å². The van der Waals surface area contributed by atoms with E-state index in [1.165, 1.54) is 0 Å². The molecule has 3 atom stereocenters. The van der Waals surface area contributed by atoms with Crippen molar-refractivity contribution in [3.63, 3.8) is 0 Å². The van der Waals surface area contributed by atoms with Crippen LogP contribution in [0.5, 0.6) is 0 Å². The highest BCUT2D eigenvalue weighted by Gasteiger charge is 2.33. The molecule has 2 rings (SSSR count). The summed E-state index contributed by atoms with van der Waals surface area (Å²) >= 11 is 0. The fraction of sp³-hybridized carbons (Fsp3) is 0.567. The second-order valence-corrected chi connectivity index (χ2v) is 10.6. The first-order valence-electron chi connectivity index (χ1n) is 13.4. The molecule has 1 aromatic rings. The molecule has 1 fully saturated rings. The molecule has 7 nitrogen and oxygen atoms in total. The lowest BCUT2D eigenvalue weighted by Gasteiger charge is -2.30. The second-order valence-electron chi connectivity index (χ2n) is 10.6. The van der Waals surface area contributed by atoms with Gasteiger partial charge in [0.25, 0.3) is 0 Å². The highest BCUT2D eigenvalue weighted by atomic mass is 16.5. The summed E-state index contributed by atoms with van der Waals surface area (Å²) in [5, 5.41) is 12.5. The number of likely N-dealkylation sites (tertiary alicyclic amines) is 1. The predicted molar refractivity (Wildman–Crippen MR) is 146 cm³/mol. The first-order chi connectivity index (χ1) is 17.7. The van der Waals surface area contributed by atoms with Gasteiger partial charge in [-0.25, -0.2) is 0 Å². The topological polar surface area (TPSA) is 95.9 Å². The van der Waals surface area contributed by atoms with Gasteiger partial charge in [-0.2, -0.15) is 0 Å². The number of benzene rings is 1. The van der Waals surface area contributed by atoms with Crippen molar-refractivity contribution in [2.75, 3.05) is 19.8 Å². The lowest BCUT2D eigenvalue weighted by Crippen LogP contribution is -2.50. The van der Waals surface area contributed by atoms with Crippen LogP contribution in [0.1, 0.15) is 64.4 Å². The van der Waals surface area contributed by atoms with E-state index in [0.717, 1.165) is 31.2 Å². The van der Waals surface area contributed by atoms with Crippen molar-refractivity contribution < 1.29 is 24.2 Å². The van der Waals surface area contributed by atoms with Crippen LogP contribution in [-0.4, -0.2) is 59.1 Å². The van der Waals surface area contributed by atoms with Gasteiger partial charge in [0.15, 0.2) is 0 Å². The van der Waals surface area contributed by atoms with Crippen LogP contribution in [-0.2, 0) is 25.5 Å². The van der Waals surface area contributed by atoms with Crippen LogP contribution in [0.2, 0.25) is 0 Å². The average Bonchev–Trinajstić information content (AvgIpc) is 3.36. The minimum Gasteiger partial charge on any atom is -0.463 e. The fourth-order valence-electron chi connectivity index (χ4n) is 4.72. The number of allylic oxidation sites excluding steroid dienone is 2. The van der Waals surface area contributed by atoms with Crippen LogP contribution in [0.3, 0.4) is 0 Å². The van der Waals surface area contributed by atoms with E-state index in [4.69, 9.17) is 4.74 Å². The van der Waals surface area contributed by atoms with E-state index in [2.05, 4.69) is 18.5 Å². The molecular weight excluding hydrogens is 468 g/mol. The summed E-state index contributed by atoms with van der Waals surface area (Å²) in [5.74, 6) is -1.55. The number of amides is 2. The number of esters is 1. The smallest absolute Gasteiger partial charge is 0.309 e. The zero-order valence-corrected chi connectivity index (χ0v) is 22.5. The van der Waals surface area contributed by atoms with Gasteiger partial charge < -0.3 is 20.1 Å². The van der Waals surface area contributed by atoms with E-state index in [0.29, 0.717) is 25.8 Å². The molecule has 204 valence electrons. The summed E-state index contributed by atoms with van der Waals surface area (Å²) in [4.78, 5) is 40.7. The predicted octanol–water partition coefficient (Wildman–Crippen LogP) is 4.21. The van der Waals surface area contributed by atoms with E-state index in [-0.39, 0.29) is 49.4 Å². The van der Waals surface area contributed by atoms with E-state index < -0.39 is 11.5 Å². The summed E-state index contributed by atoms with van der Waals surface area (Å²) in [6.07, 6.45) is 8.49. The molecule has 1 aliphatic heterocycles. The molecule has 0 spiro atoms. The Kier molecular flexibility index (Phi) is 12.6. The normalized spacial score (nSPS) is 17.1. The summed E-state index contributed by atoms with van der Waals surface area (Å²) in [6.45, 7) is 11.7. The van der Waals surface area contributed by atoms with Gasteiger partial charge in [0, 0.05) is 13.0 Å². The molecule has 1 heterocycles. The molecule has 0 unspecified atom stereocenters. The third kappa shape index (κ3) is 10.2. The van der Waals surface area contributed by atoms with Gasteiger partial charge >= 0.3 is 5.97 Å². The van der Waals surface area contributed by atoms with Crippen LogP contribution in [0, 0.1) is 11.8 Å². The molecule has 2 N–H and O–H groups in total. The Morgan fingerprint density at radius 1 is 1.19 bits per heavy atom. The number of rotatable bonds is 16. The minimum atomic E-state index is -0.811. The Balaban J connectivity index is 1.95. The number of hydrogen-bond acceptors (Lipinski definition) is 5. The standard InChI is InChI=1S/C30H44N2O5/c1-5-7-9-16-25(19-23-14-10-8-11-15-23)29(36)37-22-30(3,4)31-28(35)24(13-6-2)20-27(34)32-18-12-17-26(32)21-33/h5-6,8,10-11,14-15,24-26,33H,1-2,7,9,12-13,16-22H2,3-4H3,(H,31,35)/t24-,25-,26+/m1/s1. The van der Waals surface area contributed by atoms with E-state index in [9.17, 15) is 19.5 Å². The van der Waals surface area contributed by atoms with E-state index in [1.54, 1.807) is 24.8 Å². The van der Waals surface area contributed by atoms with Gasteiger partial charge in [0.2, 0.25) is 11.8 Å². The van der Waals surface area contributed by atoms with Crippen molar-refractivity contribution in [2.24, 2.45) is 11.8 Å². The number of carbonyl (C=O) groups excluding carboxylic acids is 3. The van der Waals surface area contributed by atoms with Gasteiger partial charge in [-0.15, -0.1) is 13.2 Å². The van der Waals surface area contributed by atoms with Crippen LogP contribution in [0.25, 0.3) is 0 Å². The van der Waals surface area contributed by atoms with Crippen LogP contribution < -0.4 is 5.32 Å². The Morgan fingerprint density at radius 2 is 1.92 bits per heavy atom. The largest absolute Gasteiger partial charge is 0.463 e. The zero-order valence-electron chi connectivity index (χ0n) is 22.5. The van der Waals surface area contributed by atoms with Crippen molar-refractivity contribution in [1.82, 2.24) is 10.2 Å². The van der Waals surface area contributed by atoms with Crippen molar-refractivity contribution in [3.8, 4) is 0 Å². The molecule has 0 radical (unpaired) electrons. The third-order valence-electron chi connectivity index (χ3n) is 6.81. The summed E-state index contributed by atoms with van der Waals surface area (Å²) in [6, 6.07) is 9.69. The average molecular weight is 513 g/mol. The number of hydrogen-bond donors (Lipinski definition) is 2. The Morgan fingerprint density at radius 3 is 2.57 bits per heavy atom. The van der Waals surface area contributed by atoms with Gasteiger partial charge in [0.05, 0.1) is 30.0 Å². The molecule has 0 bridgehead atoms. The van der Waals surface area contributed by atoms with Crippen molar-refractivity contribution in [3.05, 3.63) is 61.2 Å². The number of unbranched alkanes of at least 4 members (excludes halogenated alkanes) is 1. The SMILES string of the molecule is C=CCCC[C@H](Cc1ccccc1)C(=O)OCC(C)(C)NC(=O)[C@H](CC=C)CC(=O)N1CCC[C@H]1CO. The van der Waals surface area contributed by atoms with Crippen LogP contribution in [0.4, 0.5) is 0 Å². The number of aliphatic hydroxyl groups is 1. The van der Waals surface area contributed by atoms with Crippen LogP contribution in [0.15, 0.2) is 55.6 Å². The first kappa shape index (κ1) is 30.3. The highest BCUT2D eigenvalue weighted by Crippen LogP contribution is 2.22. The van der Waals surface area contributed by atoms with Crippen molar-refractivity contribution in [1.29, 1.82) is 0 Å². The molecule has 7 heteroatoms. The number of nitrogens with zero attached hydrogens (tertiary/aromatic N) is 1. The van der Waals surface area contributed by atoms with Gasteiger partial charge in [-0.05, 0) is 64.4 Å². The molecule has 0 aromatic heterocycles. The lowest BCUT2D eigenvalue weighted by molar-refractivity contribution is -0.151. The zero-order chi connectivity index (χ0) is 27.3. The van der Waals surface area contributed by atoms with Crippen molar-refractivity contribution in [2.45, 2.75) is 76.8 Å². The van der Waals surface area contributed by atoms with Crippen LogP contribution >= 0.6 is 0 Å². The monoisotopic (exact) mass is 512 g/mol. The number of nitrogens with one attached hydrogen (secondary N) is 1. The highest BCUT2D eigenvalue weighted by molar-refractivity contribution is 5.86. The quantitative estimate of drug-likeness (QED) is 0.197. The Bertz CT molecular complexity index is 898. The summed E-state index contributed by atoms with van der Waals surface area (Å²) in [7, 11) is 0. The molecule has 1 saturated heterocycles. The molecule has 1 aromatic carbocycles. The van der Waals surface area contributed by atoms with Gasteiger partial charge in [-0.3, -0.25) is 14.4 Å². The maximum Gasteiger partial charge on any atom is 0.309 e. The summed E-state index contributed by atoms with van der Waals surface area (Å²) < 4.78 is 5.70. The van der Waals surface area contributed by atoms with E-state index >= 15 is 0 Å².